The van der Waals surface area contributed by atoms with Gasteiger partial charge in [0.2, 0.25) is 0 Å². The van der Waals surface area contributed by atoms with Crippen LogP contribution in [0.25, 0.3) is 0 Å². The summed E-state index contributed by atoms with van der Waals surface area (Å²) >= 11 is 0. The van der Waals surface area contributed by atoms with Gasteiger partial charge in [-0.05, 0) is 19.9 Å². The van der Waals surface area contributed by atoms with Crippen molar-refractivity contribution in [2.24, 2.45) is 0 Å². The molecule has 1 N–H and O–H groups in total. The lowest BCUT2D eigenvalue weighted by molar-refractivity contribution is -0.140. The average molecular weight is 225 g/mol. The Kier molecular flexibility index (Phi) is 4.57. The maximum absolute atomic E-state index is 11.3. The van der Waals surface area contributed by atoms with Gasteiger partial charge in [0.1, 0.15) is 5.70 Å². The molecule has 0 atom stereocenters. The topological polar surface area (TPSA) is 64.6 Å². The summed E-state index contributed by atoms with van der Waals surface area (Å²) < 4.78 is 9.64. The predicted molar refractivity (Wildman–Crippen MR) is 57.2 cm³/mol. The van der Waals surface area contributed by atoms with Gasteiger partial charge in [0.15, 0.2) is 0 Å². The zero-order chi connectivity index (χ0) is 12.0. The number of hydrogen-bond acceptors (Lipinski definition) is 5. The summed E-state index contributed by atoms with van der Waals surface area (Å²) in [5.41, 5.74) is 0.852. The van der Waals surface area contributed by atoms with Crippen LogP contribution in [0.2, 0.25) is 0 Å². The van der Waals surface area contributed by atoms with E-state index < -0.39 is 5.97 Å². The quantitative estimate of drug-likeness (QED) is 0.719. The molecule has 16 heavy (non-hydrogen) atoms. The molecule has 0 aromatic carbocycles. The van der Waals surface area contributed by atoms with Crippen molar-refractivity contribution in [3.05, 3.63) is 23.5 Å². The molecule has 1 heterocycles. The summed E-state index contributed by atoms with van der Waals surface area (Å²) in [6, 6.07) is 0. The van der Waals surface area contributed by atoms with E-state index in [4.69, 9.17) is 9.47 Å². The van der Waals surface area contributed by atoms with Crippen LogP contribution in [0.3, 0.4) is 0 Å². The SMILES string of the molecule is CCOC(=O)C1=CNC(C(=O)OCC)=CC1. The van der Waals surface area contributed by atoms with Gasteiger partial charge in [-0.15, -0.1) is 0 Å². The molecule has 0 aromatic heterocycles. The van der Waals surface area contributed by atoms with Crippen molar-refractivity contribution in [3.8, 4) is 0 Å². The number of carbonyl (C=O) groups is 2. The summed E-state index contributed by atoms with van der Waals surface area (Å²) in [5.74, 6) is -0.782. The lowest BCUT2D eigenvalue weighted by atomic mass is 10.1. The van der Waals surface area contributed by atoms with Crippen molar-refractivity contribution in [2.45, 2.75) is 20.3 Å². The number of nitrogens with one attached hydrogen (secondary N) is 1. The van der Waals surface area contributed by atoms with Crippen LogP contribution in [-0.2, 0) is 19.1 Å². The Hall–Kier alpha value is -1.78. The Morgan fingerprint density at radius 3 is 2.38 bits per heavy atom. The fourth-order valence-corrected chi connectivity index (χ4v) is 1.21. The zero-order valence-corrected chi connectivity index (χ0v) is 9.41. The summed E-state index contributed by atoms with van der Waals surface area (Å²) in [7, 11) is 0. The first kappa shape index (κ1) is 12.3. The van der Waals surface area contributed by atoms with Gasteiger partial charge in [-0.1, -0.05) is 0 Å². The first-order valence-electron chi connectivity index (χ1n) is 5.19. The largest absolute Gasteiger partial charge is 0.463 e. The molecule has 0 saturated carbocycles. The van der Waals surface area contributed by atoms with Crippen molar-refractivity contribution < 1.29 is 19.1 Å². The molecule has 0 spiro atoms. The van der Waals surface area contributed by atoms with E-state index in [1.54, 1.807) is 19.9 Å². The molecular weight excluding hydrogens is 210 g/mol. The zero-order valence-electron chi connectivity index (χ0n) is 9.41. The van der Waals surface area contributed by atoms with Crippen molar-refractivity contribution in [1.82, 2.24) is 5.32 Å². The van der Waals surface area contributed by atoms with E-state index in [2.05, 4.69) is 5.32 Å². The fourth-order valence-electron chi connectivity index (χ4n) is 1.21. The van der Waals surface area contributed by atoms with Gasteiger partial charge in [0.25, 0.3) is 0 Å². The summed E-state index contributed by atoms with van der Waals surface area (Å²) in [4.78, 5) is 22.6. The molecule has 0 fully saturated rings. The molecule has 0 bridgehead atoms. The number of hydrogen-bond donors (Lipinski definition) is 1. The second kappa shape index (κ2) is 5.95. The molecule has 0 amide bonds. The first-order chi connectivity index (χ1) is 7.69. The third-order valence-corrected chi connectivity index (χ3v) is 1.96. The first-order valence-corrected chi connectivity index (χ1v) is 5.19. The van der Waals surface area contributed by atoms with Crippen LogP contribution < -0.4 is 5.32 Å². The molecule has 1 aliphatic rings. The Balaban J connectivity index is 2.52. The minimum atomic E-state index is -0.415. The molecule has 1 aliphatic heterocycles. The van der Waals surface area contributed by atoms with E-state index >= 15 is 0 Å². The van der Waals surface area contributed by atoms with Crippen LogP contribution in [0, 0.1) is 0 Å². The highest BCUT2D eigenvalue weighted by Crippen LogP contribution is 2.12. The van der Waals surface area contributed by atoms with Crippen LogP contribution in [0.5, 0.6) is 0 Å². The van der Waals surface area contributed by atoms with E-state index in [9.17, 15) is 9.59 Å². The van der Waals surface area contributed by atoms with Gasteiger partial charge in [-0.25, -0.2) is 9.59 Å². The lowest BCUT2D eigenvalue weighted by Gasteiger charge is -2.13. The van der Waals surface area contributed by atoms with Gasteiger partial charge in [0.05, 0.1) is 18.8 Å². The number of esters is 2. The lowest BCUT2D eigenvalue weighted by Crippen LogP contribution is -2.23. The monoisotopic (exact) mass is 225 g/mol. The van der Waals surface area contributed by atoms with E-state index in [0.717, 1.165) is 0 Å². The third-order valence-electron chi connectivity index (χ3n) is 1.96. The van der Waals surface area contributed by atoms with Gasteiger partial charge in [0, 0.05) is 12.6 Å². The molecule has 5 heteroatoms. The van der Waals surface area contributed by atoms with E-state index in [1.807, 2.05) is 0 Å². The second-order valence-electron chi connectivity index (χ2n) is 3.08. The molecule has 0 aliphatic carbocycles. The molecule has 0 unspecified atom stereocenters. The molecular formula is C11H15NO4. The Labute approximate surface area is 94.1 Å². The highest BCUT2D eigenvalue weighted by Gasteiger charge is 2.17. The maximum Gasteiger partial charge on any atom is 0.354 e. The number of rotatable bonds is 4. The molecule has 1 rings (SSSR count). The van der Waals surface area contributed by atoms with Gasteiger partial charge in [-0.2, -0.15) is 0 Å². The number of ether oxygens (including phenoxy) is 2. The highest BCUT2D eigenvalue weighted by atomic mass is 16.5. The standard InChI is InChI=1S/C11H15NO4/c1-3-15-10(13)8-5-6-9(12-7-8)11(14)16-4-2/h6-7,12H,3-5H2,1-2H3. The minimum absolute atomic E-state index is 0.326. The summed E-state index contributed by atoms with van der Waals surface area (Å²) in [6.45, 7) is 4.15. The van der Waals surface area contributed by atoms with Gasteiger partial charge < -0.3 is 14.8 Å². The molecule has 0 saturated heterocycles. The summed E-state index contributed by atoms with van der Waals surface area (Å²) in [6.07, 6.45) is 3.47. The number of allylic oxidation sites excluding steroid dienone is 1. The van der Waals surface area contributed by atoms with Gasteiger partial charge >= 0.3 is 11.9 Å². The van der Waals surface area contributed by atoms with Crippen LogP contribution in [0.1, 0.15) is 20.3 Å². The number of dihydropyridines is 1. The number of carbonyl (C=O) groups excluding carboxylic acids is 2. The third kappa shape index (κ3) is 3.12. The minimum Gasteiger partial charge on any atom is -0.463 e. The Morgan fingerprint density at radius 1 is 1.25 bits per heavy atom. The van der Waals surface area contributed by atoms with E-state index in [1.165, 1.54) is 6.20 Å². The van der Waals surface area contributed by atoms with Crippen molar-refractivity contribution in [2.75, 3.05) is 13.2 Å². The smallest absolute Gasteiger partial charge is 0.354 e. The molecule has 88 valence electrons. The van der Waals surface area contributed by atoms with Crippen LogP contribution in [0.15, 0.2) is 23.5 Å². The van der Waals surface area contributed by atoms with Crippen LogP contribution in [-0.4, -0.2) is 25.2 Å². The van der Waals surface area contributed by atoms with E-state index in [0.29, 0.717) is 30.9 Å². The summed E-state index contributed by atoms with van der Waals surface area (Å²) in [5, 5.41) is 2.72. The predicted octanol–water partition coefficient (Wildman–Crippen LogP) is 0.874. The fraction of sp³-hybridized carbons (Fsp3) is 0.455. The normalized spacial score (nSPS) is 14.4. The van der Waals surface area contributed by atoms with Crippen molar-refractivity contribution in [1.29, 1.82) is 0 Å². The molecule has 0 radical (unpaired) electrons. The second-order valence-corrected chi connectivity index (χ2v) is 3.08. The van der Waals surface area contributed by atoms with Crippen molar-refractivity contribution >= 4 is 11.9 Å². The molecule has 5 nitrogen and oxygen atoms in total. The van der Waals surface area contributed by atoms with Crippen LogP contribution in [0.4, 0.5) is 0 Å². The molecule has 0 aromatic rings. The van der Waals surface area contributed by atoms with E-state index in [-0.39, 0.29) is 5.97 Å². The van der Waals surface area contributed by atoms with Gasteiger partial charge in [-0.3, -0.25) is 0 Å². The van der Waals surface area contributed by atoms with Crippen LogP contribution >= 0.6 is 0 Å². The highest BCUT2D eigenvalue weighted by molar-refractivity contribution is 5.92. The Bertz CT molecular complexity index is 310. The average Bonchev–Trinajstić information content (AvgIpc) is 2.30. The van der Waals surface area contributed by atoms with Crippen molar-refractivity contribution in [3.63, 3.8) is 0 Å². The maximum atomic E-state index is 11.3. The Morgan fingerprint density at radius 2 is 1.88 bits per heavy atom.